The number of nitrogens with zero attached hydrogens (tertiary/aromatic N) is 3. The number of anilines is 1. The summed E-state index contributed by atoms with van der Waals surface area (Å²) >= 11 is 5.92. The Kier molecular flexibility index (Phi) is 6.14. The molecule has 0 saturated carbocycles. The summed E-state index contributed by atoms with van der Waals surface area (Å²) in [7, 11) is 0. The van der Waals surface area contributed by atoms with E-state index in [4.69, 9.17) is 22.1 Å². The molecule has 0 aromatic heterocycles. The lowest BCUT2D eigenvalue weighted by Gasteiger charge is -2.36. The molecule has 2 N–H and O–H groups in total. The summed E-state index contributed by atoms with van der Waals surface area (Å²) in [4.78, 5) is 8.81. The third kappa shape index (κ3) is 4.79. The fourth-order valence-electron chi connectivity index (χ4n) is 2.31. The fraction of sp³-hybridized carbons (Fsp3) is 0.533. The maximum absolute atomic E-state index is 6.02. The average Bonchev–Trinajstić information content (AvgIpc) is 2.52. The van der Waals surface area contributed by atoms with E-state index in [1.54, 1.807) is 0 Å². The van der Waals surface area contributed by atoms with Gasteiger partial charge in [0.1, 0.15) is 0 Å². The molecule has 1 aromatic rings. The zero-order chi connectivity index (χ0) is 15.1. The predicted molar refractivity (Wildman–Crippen MR) is 88.2 cm³/mol. The van der Waals surface area contributed by atoms with Crippen molar-refractivity contribution in [1.29, 1.82) is 0 Å². The van der Waals surface area contributed by atoms with Crippen molar-refractivity contribution in [2.24, 2.45) is 10.7 Å². The van der Waals surface area contributed by atoms with Crippen LogP contribution in [0.3, 0.4) is 0 Å². The van der Waals surface area contributed by atoms with E-state index in [1.165, 1.54) is 5.69 Å². The van der Waals surface area contributed by atoms with Crippen molar-refractivity contribution in [1.82, 2.24) is 4.90 Å². The van der Waals surface area contributed by atoms with Gasteiger partial charge in [-0.05, 0) is 31.2 Å². The summed E-state index contributed by atoms with van der Waals surface area (Å²) in [5.74, 6) is 0.616. The monoisotopic (exact) mass is 310 g/mol. The summed E-state index contributed by atoms with van der Waals surface area (Å²) in [5.41, 5.74) is 7.22. The quantitative estimate of drug-likeness (QED) is 0.512. The van der Waals surface area contributed by atoms with Gasteiger partial charge in [-0.25, -0.2) is 0 Å². The van der Waals surface area contributed by atoms with Gasteiger partial charge >= 0.3 is 0 Å². The molecule has 0 atom stereocenters. The largest absolute Gasteiger partial charge is 0.380 e. The van der Waals surface area contributed by atoms with Crippen LogP contribution in [0.5, 0.6) is 0 Å². The van der Waals surface area contributed by atoms with Crippen molar-refractivity contribution in [2.45, 2.75) is 6.92 Å². The molecule has 1 heterocycles. The topological polar surface area (TPSA) is 54.1 Å². The third-order valence-electron chi connectivity index (χ3n) is 3.51. The molecule has 1 aliphatic rings. The summed E-state index contributed by atoms with van der Waals surface area (Å²) in [5, 5.41) is 0.767. The number of hydrogen-bond donors (Lipinski definition) is 1. The number of rotatable bonds is 5. The van der Waals surface area contributed by atoms with E-state index in [9.17, 15) is 0 Å². The van der Waals surface area contributed by atoms with Gasteiger partial charge in [0.2, 0.25) is 0 Å². The van der Waals surface area contributed by atoms with Crippen LogP contribution in [0.1, 0.15) is 6.92 Å². The van der Waals surface area contributed by atoms with E-state index in [-0.39, 0.29) is 0 Å². The van der Waals surface area contributed by atoms with E-state index < -0.39 is 0 Å². The second-order valence-corrected chi connectivity index (χ2v) is 5.32. The lowest BCUT2D eigenvalue weighted by Crippen LogP contribution is -2.51. The van der Waals surface area contributed by atoms with E-state index >= 15 is 0 Å². The summed E-state index contributed by atoms with van der Waals surface area (Å²) in [6.45, 7) is 7.57. The Labute approximate surface area is 131 Å². The van der Waals surface area contributed by atoms with Gasteiger partial charge < -0.3 is 20.3 Å². The van der Waals surface area contributed by atoms with Crippen LogP contribution in [0.25, 0.3) is 0 Å². The minimum atomic E-state index is 0.616. The van der Waals surface area contributed by atoms with Crippen LogP contribution in [0, 0.1) is 0 Å². The van der Waals surface area contributed by atoms with Crippen LogP contribution in [-0.2, 0) is 4.74 Å². The molecular weight excluding hydrogens is 288 g/mol. The first-order chi connectivity index (χ1) is 10.2. The SMILES string of the molecule is CCOCCN=C(N)N1CCN(c2ccc(Cl)cc2)CC1. The maximum atomic E-state index is 6.02. The Hall–Kier alpha value is -1.46. The number of benzene rings is 1. The molecule has 116 valence electrons. The zero-order valence-corrected chi connectivity index (χ0v) is 13.2. The molecule has 0 spiro atoms. The van der Waals surface area contributed by atoms with Gasteiger partial charge in [0.25, 0.3) is 0 Å². The van der Waals surface area contributed by atoms with Crippen LogP contribution < -0.4 is 10.6 Å². The Morgan fingerprint density at radius 1 is 1.24 bits per heavy atom. The molecule has 6 heteroatoms. The molecule has 2 rings (SSSR count). The number of nitrogens with two attached hydrogens (primary N) is 1. The molecule has 1 saturated heterocycles. The van der Waals surface area contributed by atoms with E-state index in [0.29, 0.717) is 19.1 Å². The van der Waals surface area contributed by atoms with Crippen LogP contribution in [0.4, 0.5) is 5.69 Å². The van der Waals surface area contributed by atoms with E-state index in [2.05, 4.69) is 26.9 Å². The highest BCUT2D eigenvalue weighted by atomic mass is 35.5. The van der Waals surface area contributed by atoms with Gasteiger partial charge in [-0.1, -0.05) is 11.6 Å². The van der Waals surface area contributed by atoms with Gasteiger partial charge in [0, 0.05) is 43.5 Å². The van der Waals surface area contributed by atoms with Crippen LogP contribution in [0.2, 0.25) is 5.02 Å². The predicted octanol–water partition coefficient (Wildman–Crippen LogP) is 1.81. The number of ether oxygens (including phenoxy) is 1. The number of aliphatic imine (C=N–C) groups is 1. The molecule has 5 nitrogen and oxygen atoms in total. The minimum Gasteiger partial charge on any atom is -0.380 e. The second-order valence-electron chi connectivity index (χ2n) is 4.89. The molecule has 0 aliphatic carbocycles. The van der Waals surface area contributed by atoms with Gasteiger partial charge in [0.05, 0.1) is 13.2 Å². The lowest BCUT2D eigenvalue weighted by atomic mass is 10.2. The van der Waals surface area contributed by atoms with E-state index in [1.807, 2.05) is 19.1 Å². The van der Waals surface area contributed by atoms with Crippen LogP contribution >= 0.6 is 11.6 Å². The Morgan fingerprint density at radius 2 is 1.90 bits per heavy atom. The first-order valence-electron chi connectivity index (χ1n) is 7.34. The molecule has 0 radical (unpaired) electrons. The van der Waals surface area contributed by atoms with Gasteiger partial charge in [-0.2, -0.15) is 0 Å². The number of piperazine rings is 1. The first-order valence-corrected chi connectivity index (χ1v) is 7.71. The standard InChI is InChI=1S/C15H23ClN4O/c1-2-21-12-7-18-15(17)20-10-8-19(9-11-20)14-5-3-13(16)4-6-14/h3-6H,2,7-12H2,1H3,(H2,17,18). The molecule has 21 heavy (non-hydrogen) atoms. The third-order valence-corrected chi connectivity index (χ3v) is 3.76. The van der Waals surface area contributed by atoms with Gasteiger partial charge in [0.15, 0.2) is 5.96 Å². The molecule has 1 aromatic carbocycles. The van der Waals surface area contributed by atoms with Crippen molar-refractivity contribution >= 4 is 23.2 Å². The maximum Gasteiger partial charge on any atom is 0.191 e. The van der Waals surface area contributed by atoms with Crippen molar-refractivity contribution in [3.63, 3.8) is 0 Å². The fourth-order valence-corrected chi connectivity index (χ4v) is 2.44. The molecule has 0 amide bonds. The number of halogens is 1. The lowest BCUT2D eigenvalue weighted by molar-refractivity contribution is 0.155. The zero-order valence-electron chi connectivity index (χ0n) is 12.5. The van der Waals surface area contributed by atoms with E-state index in [0.717, 1.165) is 37.8 Å². The highest BCUT2D eigenvalue weighted by Crippen LogP contribution is 2.19. The number of guanidine groups is 1. The van der Waals surface area contributed by atoms with Crippen molar-refractivity contribution in [3.8, 4) is 0 Å². The highest BCUT2D eigenvalue weighted by Gasteiger charge is 2.18. The van der Waals surface area contributed by atoms with Crippen molar-refractivity contribution in [2.75, 3.05) is 50.8 Å². The Morgan fingerprint density at radius 3 is 2.52 bits per heavy atom. The van der Waals surface area contributed by atoms with Gasteiger partial charge in [-0.3, -0.25) is 4.99 Å². The second kappa shape index (κ2) is 8.10. The summed E-state index contributed by atoms with van der Waals surface area (Å²) in [6.07, 6.45) is 0. The smallest absolute Gasteiger partial charge is 0.191 e. The Balaban J connectivity index is 1.81. The molecular formula is C15H23ClN4O. The number of hydrogen-bond acceptors (Lipinski definition) is 3. The van der Waals surface area contributed by atoms with Crippen LogP contribution in [-0.4, -0.2) is 56.8 Å². The van der Waals surface area contributed by atoms with Crippen LogP contribution in [0.15, 0.2) is 29.3 Å². The van der Waals surface area contributed by atoms with Crippen molar-refractivity contribution < 1.29 is 4.74 Å². The van der Waals surface area contributed by atoms with Gasteiger partial charge in [-0.15, -0.1) is 0 Å². The first kappa shape index (κ1) is 15.9. The molecule has 0 bridgehead atoms. The summed E-state index contributed by atoms with van der Waals surface area (Å²) < 4.78 is 5.26. The Bertz CT molecular complexity index is 455. The average molecular weight is 311 g/mol. The highest BCUT2D eigenvalue weighted by molar-refractivity contribution is 6.30. The summed E-state index contributed by atoms with van der Waals surface area (Å²) in [6, 6.07) is 7.95. The minimum absolute atomic E-state index is 0.616. The molecule has 1 aliphatic heterocycles. The normalized spacial score (nSPS) is 16.4. The van der Waals surface area contributed by atoms with Crippen molar-refractivity contribution in [3.05, 3.63) is 29.3 Å². The molecule has 0 unspecified atom stereocenters. The molecule has 1 fully saturated rings.